The summed E-state index contributed by atoms with van der Waals surface area (Å²) in [5.74, 6) is 5.26. The minimum atomic E-state index is -4.70. The van der Waals surface area contributed by atoms with Gasteiger partial charge in [-0.3, -0.25) is 14.5 Å². The Balaban J connectivity index is 1.88. The van der Waals surface area contributed by atoms with E-state index in [2.05, 4.69) is 20.7 Å². The van der Waals surface area contributed by atoms with Crippen LogP contribution in [-0.4, -0.2) is 46.1 Å². The Hall–Kier alpha value is -3.97. The first-order chi connectivity index (χ1) is 18.2. The topological polar surface area (TPSA) is 134 Å². The van der Waals surface area contributed by atoms with Gasteiger partial charge < -0.3 is 25.8 Å². The number of carbonyl (C=O) groups is 1. The number of nitrogens with two attached hydrogens (primary N) is 1. The second-order valence-electron chi connectivity index (χ2n) is 9.41. The number of hydrazine groups is 1. The Morgan fingerprint density at radius 1 is 1.23 bits per heavy atom. The molecule has 3 rings (SSSR count). The highest BCUT2D eigenvalue weighted by atomic mass is 19.4. The average molecular weight is 547 g/mol. The van der Waals surface area contributed by atoms with Gasteiger partial charge in [-0.15, -0.1) is 0 Å². The van der Waals surface area contributed by atoms with Crippen molar-refractivity contribution in [1.82, 2.24) is 20.1 Å². The van der Waals surface area contributed by atoms with Crippen LogP contribution in [-0.2, 0) is 19.8 Å². The number of hydrogen-bond donors (Lipinski definition) is 4. The normalized spacial score (nSPS) is 11.6. The van der Waals surface area contributed by atoms with Crippen molar-refractivity contribution in [3.63, 3.8) is 0 Å². The minimum Gasteiger partial charge on any atom is -0.496 e. The van der Waals surface area contributed by atoms with E-state index < -0.39 is 17.6 Å². The number of rotatable bonds is 10. The van der Waals surface area contributed by atoms with E-state index in [0.717, 1.165) is 11.8 Å². The lowest BCUT2D eigenvalue weighted by molar-refractivity contribution is -0.138. The summed E-state index contributed by atoms with van der Waals surface area (Å²) in [5, 5.41) is 19.5. The van der Waals surface area contributed by atoms with Gasteiger partial charge in [0.2, 0.25) is 0 Å². The lowest BCUT2D eigenvalue weighted by Gasteiger charge is -2.21. The van der Waals surface area contributed by atoms with Crippen LogP contribution in [0.4, 0.5) is 24.5 Å². The highest BCUT2D eigenvalue weighted by molar-refractivity contribution is 6.05. The fourth-order valence-electron chi connectivity index (χ4n) is 3.93. The van der Waals surface area contributed by atoms with Crippen LogP contribution in [0.5, 0.6) is 5.75 Å². The van der Waals surface area contributed by atoms with Crippen LogP contribution in [0, 0.1) is 19.3 Å². The van der Waals surface area contributed by atoms with Gasteiger partial charge in [0.15, 0.2) is 0 Å². The maximum Gasteiger partial charge on any atom is 0.420 e. The van der Waals surface area contributed by atoms with Crippen molar-refractivity contribution < 1.29 is 22.7 Å². The van der Waals surface area contributed by atoms with Crippen molar-refractivity contribution in [3.8, 4) is 5.75 Å². The van der Waals surface area contributed by atoms with E-state index in [1.54, 1.807) is 24.9 Å². The van der Waals surface area contributed by atoms with Crippen LogP contribution in [0.3, 0.4) is 0 Å². The summed E-state index contributed by atoms with van der Waals surface area (Å²) >= 11 is 0. The molecule has 1 aromatic carbocycles. The Morgan fingerprint density at radius 3 is 2.49 bits per heavy atom. The number of alkyl halides is 3. The van der Waals surface area contributed by atoms with Crippen LogP contribution < -0.4 is 26.2 Å². The second kappa shape index (κ2) is 11.8. The van der Waals surface area contributed by atoms with E-state index in [1.165, 1.54) is 30.4 Å². The van der Waals surface area contributed by atoms with E-state index in [9.17, 15) is 18.0 Å². The largest absolute Gasteiger partial charge is 0.496 e. The number of methoxy groups -OCH3 is 1. The third-order valence-electron chi connectivity index (χ3n) is 6.15. The number of aryl methyl sites for hydroxylation is 2. The summed E-state index contributed by atoms with van der Waals surface area (Å²) in [6, 6.07) is 3.78. The number of ether oxygens (including phenoxy) is 1. The molecule has 0 aliphatic heterocycles. The SMILES string of the molecule is COc1c(CNC(C)C)cc(NC(=O)c2cnc(C)c(N(N)CC(=N)c3cnn(C)c3C)c2)cc1C(F)(F)F. The number of benzene rings is 1. The van der Waals surface area contributed by atoms with Gasteiger partial charge in [-0.2, -0.15) is 18.3 Å². The van der Waals surface area contributed by atoms with Gasteiger partial charge in [0, 0.05) is 48.3 Å². The smallest absolute Gasteiger partial charge is 0.420 e. The van der Waals surface area contributed by atoms with Gasteiger partial charge >= 0.3 is 6.18 Å². The number of aromatic nitrogens is 3. The van der Waals surface area contributed by atoms with E-state index in [-0.39, 0.29) is 47.4 Å². The molecule has 39 heavy (non-hydrogen) atoms. The van der Waals surface area contributed by atoms with Gasteiger partial charge in [-0.05, 0) is 32.0 Å². The van der Waals surface area contributed by atoms with Crippen molar-refractivity contribution >= 4 is 23.0 Å². The molecule has 5 N–H and O–H groups in total. The van der Waals surface area contributed by atoms with Crippen LogP contribution in [0.25, 0.3) is 0 Å². The number of hydrogen-bond acceptors (Lipinski definition) is 8. The highest BCUT2D eigenvalue weighted by Crippen LogP contribution is 2.40. The first-order valence-electron chi connectivity index (χ1n) is 12.1. The Bertz CT molecular complexity index is 1370. The van der Waals surface area contributed by atoms with E-state index in [0.29, 0.717) is 16.9 Å². The monoisotopic (exact) mass is 546 g/mol. The highest BCUT2D eigenvalue weighted by Gasteiger charge is 2.36. The van der Waals surface area contributed by atoms with Crippen LogP contribution in [0.15, 0.2) is 30.6 Å². The summed E-state index contributed by atoms with van der Waals surface area (Å²) in [7, 11) is 2.95. The predicted octanol–water partition coefficient (Wildman–Crippen LogP) is 3.96. The number of anilines is 2. The molecule has 0 saturated carbocycles. The quantitative estimate of drug-likeness (QED) is 0.172. The molecule has 0 spiro atoms. The first-order valence-corrected chi connectivity index (χ1v) is 12.1. The molecule has 0 atom stereocenters. The molecule has 3 aromatic rings. The first kappa shape index (κ1) is 29.6. The van der Waals surface area contributed by atoms with Gasteiger partial charge in [0.1, 0.15) is 5.75 Å². The molecule has 0 unspecified atom stereocenters. The fraction of sp³-hybridized carbons (Fsp3) is 0.385. The number of nitrogens with zero attached hydrogens (tertiary/aromatic N) is 4. The third kappa shape index (κ3) is 6.92. The summed E-state index contributed by atoms with van der Waals surface area (Å²) < 4.78 is 48.2. The molecular formula is C26H33F3N8O2. The van der Waals surface area contributed by atoms with Crippen LogP contribution in [0.2, 0.25) is 0 Å². The third-order valence-corrected chi connectivity index (χ3v) is 6.15. The van der Waals surface area contributed by atoms with Crippen molar-refractivity contribution in [3.05, 3.63) is 64.2 Å². The molecule has 0 saturated heterocycles. The number of halogens is 3. The van der Waals surface area contributed by atoms with Crippen molar-refractivity contribution in [2.75, 3.05) is 24.0 Å². The number of nitrogens with one attached hydrogen (secondary N) is 3. The molecule has 1 amide bonds. The summed E-state index contributed by atoms with van der Waals surface area (Å²) in [5.41, 5.74) is 1.84. The maximum atomic E-state index is 13.8. The zero-order chi connectivity index (χ0) is 29.1. The molecule has 210 valence electrons. The summed E-state index contributed by atoms with van der Waals surface area (Å²) in [6.45, 7) is 7.38. The molecule has 0 aliphatic rings. The van der Waals surface area contributed by atoms with Gasteiger partial charge in [-0.25, -0.2) is 5.84 Å². The standard InChI is InChI=1S/C26H33F3N8O2/c1-14(2)32-10-17-7-19(9-21(24(17)39-6)26(27,28)29)35-25(38)18-8-23(15(3)33-11-18)37(31)13-22(30)20-12-34-36(5)16(20)4/h7-9,11-12,14,30,32H,10,13,31H2,1-6H3,(H,35,38). The lowest BCUT2D eigenvalue weighted by atomic mass is 10.1. The number of carbonyl (C=O) groups excluding carboxylic acids is 1. The maximum absolute atomic E-state index is 13.8. The second-order valence-corrected chi connectivity index (χ2v) is 9.41. The lowest BCUT2D eigenvalue weighted by Crippen LogP contribution is -2.37. The van der Waals surface area contributed by atoms with E-state index >= 15 is 0 Å². The predicted molar refractivity (Wildman–Crippen MR) is 143 cm³/mol. The Morgan fingerprint density at radius 2 is 1.92 bits per heavy atom. The molecule has 0 bridgehead atoms. The molecule has 13 heteroatoms. The molecular weight excluding hydrogens is 513 g/mol. The Kier molecular flexibility index (Phi) is 8.97. The van der Waals surface area contributed by atoms with Crippen molar-refractivity contribution in [1.29, 1.82) is 5.41 Å². The summed E-state index contributed by atoms with van der Waals surface area (Å²) in [6.07, 6.45) is -1.81. The Labute approximate surface area is 224 Å². The number of pyridine rings is 1. The number of amides is 1. The molecule has 0 aliphatic carbocycles. The van der Waals surface area contributed by atoms with Gasteiger partial charge in [0.25, 0.3) is 5.91 Å². The van der Waals surface area contributed by atoms with Crippen molar-refractivity contribution in [2.24, 2.45) is 12.9 Å². The van der Waals surface area contributed by atoms with E-state index in [4.69, 9.17) is 16.0 Å². The molecule has 10 nitrogen and oxygen atoms in total. The summed E-state index contributed by atoms with van der Waals surface area (Å²) in [4.78, 5) is 17.3. The molecule has 0 fully saturated rings. The van der Waals surface area contributed by atoms with Gasteiger partial charge in [0.05, 0.1) is 48.1 Å². The fourth-order valence-corrected chi connectivity index (χ4v) is 3.93. The minimum absolute atomic E-state index is 0.0137. The van der Waals surface area contributed by atoms with Crippen LogP contribution >= 0.6 is 0 Å². The van der Waals surface area contributed by atoms with Gasteiger partial charge in [-0.1, -0.05) is 13.8 Å². The van der Waals surface area contributed by atoms with Crippen molar-refractivity contribution in [2.45, 2.75) is 46.5 Å². The van der Waals surface area contributed by atoms with E-state index in [1.807, 2.05) is 20.8 Å². The zero-order valence-electron chi connectivity index (χ0n) is 22.7. The molecule has 2 heterocycles. The van der Waals surface area contributed by atoms with Crippen LogP contribution in [0.1, 0.15) is 52.3 Å². The average Bonchev–Trinajstić information content (AvgIpc) is 3.19. The zero-order valence-corrected chi connectivity index (χ0v) is 22.7. The molecule has 2 aromatic heterocycles. The molecule has 0 radical (unpaired) electrons.